The Morgan fingerprint density at radius 1 is 1.86 bits per heavy atom. The van der Waals surface area contributed by atoms with Crippen molar-refractivity contribution in [3.8, 4) is 0 Å². The summed E-state index contributed by atoms with van der Waals surface area (Å²) in [6.07, 6.45) is 1.11. The zero-order chi connectivity index (χ0) is 5.70. The maximum Gasteiger partial charge on any atom is 0.348 e. The normalized spacial score (nSPS) is 9.43. The third-order valence-electron chi connectivity index (χ3n) is 0.436. The van der Waals surface area contributed by atoms with E-state index < -0.39 is 5.97 Å². The van der Waals surface area contributed by atoms with Crippen molar-refractivity contribution in [1.29, 1.82) is 0 Å². The Bertz CT molecular complexity index is 87.7. The van der Waals surface area contributed by atoms with Crippen LogP contribution in [0.3, 0.4) is 0 Å². The molecule has 0 aliphatic carbocycles. The highest BCUT2D eigenvalue weighted by molar-refractivity contribution is 6.22. The number of aliphatic imine (C=N–C) groups is 1. The minimum atomic E-state index is -0.414. The first-order valence-electron chi connectivity index (χ1n) is 1.81. The number of esters is 1. The predicted molar refractivity (Wildman–Crippen MR) is 26.4 cm³/mol. The van der Waals surface area contributed by atoms with Gasteiger partial charge in [0.1, 0.15) is 6.21 Å². The van der Waals surface area contributed by atoms with Crippen LogP contribution in [-0.2, 0) is 9.53 Å². The van der Waals surface area contributed by atoms with Gasteiger partial charge in [0.15, 0.2) is 0 Å². The average Bonchev–Trinajstić information content (AvgIpc) is 1.68. The summed E-state index contributed by atoms with van der Waals surface area (Å²) < 4.78 is 4.20. The molecule has 0 saturated carbocycles. The fraction of sp³-hybridized carbons (Fsp3) is 0.500. The van der Waals surface area contributed by atoms with E-state index in [4.69, 9.17) is 0 Å². The number of hydrogen-bond acceptors (Lipinski definition) is 3. The topological polar surface area (TPSA) is 38.7 Å². The lowest BCUT2D eigenvalue weighted by atomic mass is 10.7. The van der Waals surface area contributed by atoms with Crippen LogP contribution in [0, 0.1) is 0 Å². The highest BCUT2D eigenvalue weighted by Crippen LogP contribution is 1.63. The van der Waals surface area contributed by atoms with E-state index in [1.165, 1.54) is 14.2 Å². The molecule has 0 heterocycles. The molecule has 0 radical (unpaired) electrons. The molecule has 0 aromatic rings. The molecule has 0 aromatic heterocycles. The molecule has 0 fully saturated rings. The van der Waals surface area contributed by atoms with Crippen LogP contribution in [0.1, 0.15) is 0 Å². The molecule has 0 spiro atoms. The summed E-state index contributed by atoms with van der Waals surface area (Å²) in [5, 5.41) is 0. The molecule has 3 heteroatoms. The summed E-state index contributed by atoms with van der Waals surface area (Å²) in [6, 6.07) is 0. The Labute approximate surface area is 42.0 Å². The molecular weight excluding hydrogens is 94.0 g/mol. The summed E-state index contributed by atoms with van der Waals surface area (Å²) in [6.45, 7) is 0. The molecule has 7 heavy (non-hydrogen) atoms. The molecule has 0 N–H and O–H groups in total. The molecule has 0 rings (SSSR count). The number of rotatable bonds is 1. The van der Waals surface area contributed by atoms with Crippen molar-refractivity contribution in [2.24, 2.45) is 4.99 Å². The summed E-state index contributed by atoms with van der Waals surface area (Å²) in [4.78, 5) is 13.4. The van der Waals surface area contributed by atoms with Gasteiger partial charge in [0.2, 0.25) is 0 Å². The molecule has 0 atom stereocenters. The van der Waals surface area contributed by atoms with Crippen LogP contribution in [-0.4, -0.2) is 26.3 Å². The van der Waals surface area contributed by atoms with Crippen molar-refractivity contribution in [3.05, 3.63) is 0 Å². The second-order valence-corrected chi connectivity index (χ2v) is 0.910. The predicted octanol–water partition coefficient (Wildman–Crippen LogP) is -0.140. The third kappa shape index (κ3) is 2.96. The molecule has 3 nitrogen and oxygen atoms in total. The van der Waals surface area contributed by atoms with E-state index in [1.807, 2.05) is 0 Å². The molecule has 0 unspecified atom stereocenters. The number of ether oxygens (including phenoxy) is 1. The van der Waals surface area contributed by atoms with E-state index in [1.54, 1.807) is 0 Å². The van der Waals surface area contributed by atoms with E-state index in [0.29, 0.717) is 0 Å². The zero-order valence-corrected chi connectivity index (χ0v) is 4.34. The standard InChI is InChI=1S/C4H7NO2/c1-5-3-4(6)7-2/h3H,1-2H3/b5-3+. The summed E-state index contributed by atoms with van der Waals surface area (Å²) >= 11 is 0. The quantitative estimate of drug-likeness (QED) is 0.340. The van der Waals surface area contributed by atoms with E-state index in [-0.39, 0.29) is 0 Å². The summed E-state index contributed by atoms with van der Waals surface area (Å²) in [7, 11) is 2.82. The molecule has 40 valence electrons. The molecule has 0 amide bonds. The summed E-state index contributed by atoms with van der Waals surface area (Å²) in [5.41, 5.74) is 0. The number of carbonyl (C=O) groups excluding carboxylic acids is 1. The molecule has 0 bridgehead atoms. The summed E-state index contributed by atoms with van der Waals surface area (Å²) in [5.74, 6) is -0.414. The first-order chi connectivity index (χ1) is 3.31. The second kappa shape index (κ2) is 3.33. The molecule has 0 saturated heterocycles. The highest BCUT2D eigenvalue weighted by atomic mass is 16.5. The third-order valence-corrected chi connectivity index (χ3v) is 0.436. The van der Waals surface area contributed by atoms with Gasteiger partial charge in [-0.15, -0.1) is 0 Å². The van der Waals surface area contributed by atoms with Gasteiger partial charge in [0, 0.05) is 7.05 Å². The van der Waals surface area contributed by atoms with Crippen molar-refractivity contribution in [2.45, 2.75) is 0 Å². The minimum absolute atomic E-state index is 0.414. The molecule has 0 aliphatic rings. The molecular formula is C4H7NO2. The van der Waals surface area contributed by atoms with Crippen LogP contribution in [0.5, 0.6) is 0 Å². The Kier molecular flexibility index (Phi) is 2.92. The first-order valence-corrected chi connectivity index (χ1v) is 1.81. The zero-order valence-electron chi connectivity index (χ0n) is 4.34. The van der Waals surface area contributed by atoms with Gasteiger partial charge in [-0.25, -0.2) is 4.79 Å². The lowest BCUT2D eigenvalue weighted by molar-refractivity contribution is -0.132. The van der Waals surface area contributed by atoms with Gasteiger partial charge in [0.25, 0.3) is 0 Å². The van der Waals surface area contributed by atoms with Crippen molar-refractivity contribution in [1.82, 2.24) is 0 Å². The van der Waals surface area contributed by atoms with Crippen LogP contribution in [0.4, 0.5) is 0 Å². The Balaban J connectivity index is 3.37. The first kappa shape index (κ1) is 6.14. The van der Waals surface area contributed by atoms with Crippen LogP contribution in [0.2, 0.25) is 0 Å². The maximum absolute atomic E-state index is 10.0. The largest absolute Gasteiger partial charge is 0.465 e. The van der Waals surface area contributed by atoms with Crippen molar-refractivity contribution >= 4 is 12.2 Å². The monoisotopic (exact) mass is 101 g/mol. The fourth-order valence-electron chi connectivity index (χ4n) is 0.158. The van der Waals surface area contributed by atoms with E-state index in [2.05, 4.69) is 9.73 Å². The lowest BCUT2D eigenvalue weighted by Crippen LogP contribution is -1.99. The van der Waals surface area contributed by atoms with Crippen LogP contribution < -0.4 is 0 Å². The Morgan fingerprint density at radius 3 is 2.57 bits per heavy atom. The molecule has 0 aliphatic heterocycles. The lowest BCUT2D eigenvalue weighted by Gasteiger charge is -1.83. The van der Waals surface area contributed by atoms with Gasteiger partial charge in [-0.05, 0) is 0 Å². The molecule has 0 aromatic carbocycles. The van der Waals surface area contributed by atoms with Crippen molar-refractivity contribution < 1.29 is 9.53 Å². The maximum atomic E-state index is 10.0. The highest BCUT2D eigenvalue weighted by Gasteiger charge is 1.86. The smallest absolute Gasteiger partial charge is 0.348 e. The van der Waals surface area contributed by atoms with E-state index in [0.717, 1.165) is 6.21 Å². The van der Waals surface area contributed by atoms with Gasteiger partial charge in [0.05, 0.1) is 7.11 Å². The van der Waals surface area contributed by atoms with Crippen LogP contribution in [0.15, 0.2) is 4.99 Å². The van der Waals surface area contributed by atoms with E-state index in [9.17, 15) is 4.79 Å². The van der Waals surface area contributed by atoms with Gasteiger partial charge >= 0.3 is 5.97 Å². The minimum Gasteiger partial charge on any atom is -0.465 e. The number of carbonyl (C=O) groups is 1. The van der Waals surface area contributed by atoms with Gasteiger partial charge < -0.3 is 4.74 Å². The fourth-order valence-corrected chi connectivity index (χ4v) is 0.158. The van der Waals surface area contributed by atoms with Gasteiger partial charge in [-0.2, -0.15) is 0 Å². The van der Waals surface area contributed by atoms with Gasteiger partial charge in [-0.1, -0.05) is 0 Å². The van der Waals surface area contributed by atoms with Crippen LogP contribution in [0.25, 0.3) is 0 Å². The Morgan fingerprint density at radius 2 is 2.43 bits per heavy atom. The number of methoxy groups -OCH3 is 1. The number of hydrogen-bond donors (Lipinski definition) is 0. The number of nitrogens with zero attached hydrogens (tertiary/aromatic N) is 1. The van der Waals surface area contributed by atoms with Crippen molar-refractivity contribution in [2.75, 3.05) is 14.2 Å². The van der Waals surface area contributed by atoms with Crippen molar-refractivity contribution in [3.63, 3.8) is 0 Å². The second-order valence-electron chi connectivity index (χ2n) is 0.910. The Hall–Kier alpha value is -0.860. The van der Waals surface area contributed by atoms with E-state index >= 15 is 0 Å². The average molecular weight is 101 g/mol. The van der Waals surface area contributed by atoms with Crippen LogP contribution >= 0.6 is 0 Å². The van der Waals surface area contributed by atoms with Gasteiger partial charge in [-0.3, -0.25) is 4.99 Å². The SMILES string of the molecule is C/N=C/C(=O)OC.